The number of benzene rings is 1. The Morgan fingerprint density at radius 2 is 1.76 bits per heavy atom. The van der Waals surface area contributed by atoms with E-state index in [1.165, 1.54) is 24.6 Å². The molecule has 3 aliphatic rings. The molecule has 2 atom stereocenters. The first-order chi connectivity index (χ1) is 15.9. The van der Waals surface area contributed by atoms with Crippen LogP contribution in [0.4, 0.5) is 14.7 Å². The molecule has 1 saturated carbocycles. The second-order valence-electron chi connectivity index (χ2n) is 10.1. The average Bonchev–Trinajstić information content (AvgIpc) is 3.21. The van der Waals surface area contributed by atoms with Crippen LogP contribution in [0.15, 0.2) is 36.5 Å². The quantitative estimate of drug-likeness (QED) is 0.538. The highest BCUT2D eigenvalue weighted by atomic mass is 19.1. The Hall–Kier alpha value is -2.96. The van der Waals surface area contributed by atoms with Crippen molar-refractivity contribution in [3.05, 3.63) is 65.1 Å². The Kier molecular flexibility index (Phi) is 4.55. The molecule has 7 heteroatoms. The fourth-order valence-electron chi connectivity index (χ4n) is 6.59. The van der Waals surface area contributed by atoms with E-state index in [-0.39, 0.29) is 28.0 Å². The fraction of sp³-hybridized carbons (Fsp3) is 0.462. The van der Waals surface area contributed by atoms with Crippen LogP contribution in [-0.2, 0) is 5.41 Å². The van der Waals surface area contributed by atoms with Gasteiger partial charge in [-0.15, -0.1) is 5.10 Å². The predicted molar refractivity (Wildman–Crippen MR) is 122 cm³/mol. The first-order valence-corrected chi connectivity index (χ1v) is 11.8. The zero-order chi connectivity index (χ0) is 22.8. The smallest absolute Gasteiger partial charge is 0.225 e. The molecule has 33 heavy (non-hydrogen) atoms. The van der Waals surface area contributed by atoms with Crippen LogP contribution >= 0.6 is 0 Å². The summed E-state index contributed by atoms with van der Waals surface area (Å²) in [6, 6.07) is 7.74. The maximum atomic E-state index is 14.5. The van der Waals surface area contributed by atoms with Gasteiger partial charge in [0.25, 0.3) is 0 Å². The van der Waals surface area contributed by atoms with Gasteiger partial charge in [0.15, 0.2) is 0 Å². The molecule has 1 saturated heterocycles. The van der Waals surface area contributed by atoms with E-state index >= 15 is 0 Å². The van der Waals surface area contributed by atoms with Gasteiger partial charge in [-0.25, -0.2) is 18.7 Å². The van der Waals surface area contributed by atoms with E-state index in [4.69, 9.17) is 4.98 Å². The molecule has 0 N–H and O–H groups in total. The number of aromatic nitrogens is 4. The summed E-state index contributed by atoms with van der Waals surface area (Å²) in [5.74, 6) is -0.232. The third-order valence-corrected chi connectivity index (χ3v) is 8.32. The van der Waals surface area contributed by atoms with Gasteiger partial charge in [-0.2, -0.15) is 5.10 Å². The zero-order valence-electron chi connectivity index (χ0n) is 19.0. The summed E-state index contributed by atoms with van der Waals surface area (Å²) in [6.07, 6.45) is 7.35. The van der Waals surface area contributed by atoms with Crippen molar-refractivity contribution in [2.75, 3.05) is 18.0 Å². The van der Waals surface area contributed by atoms with Crippen molar-refractivity contribution in [2.24, 2.45) is 5.41 Å². The molecule has 0 amide bonds. The minimum Gasteiger partial charge on any atom is -0.341 e. The van der Waals surface area contributed by atoms with Crippen molar-refractivity contribution in [1.29, 1.82) is 0 Å². The van der Waals surface area contributed by atoms with Gasteiger partial charge in [-0.1, -0.05) is 19.9 Å². The second kappa shape index (κ2) is 7.27. The lowest BCUT2D eigenvalue weighted by molar-refractivity contribution is 0.242. The molecule has 5 nitrogen and oxygen atoms in total. The number of anilines is 1. The minimum atomic E-state index is -0.622. The SMILES string of the molecule is CC1(C)[C@H]2CC[C@]1(c1ccnc(N3CCCCC3)n1)c1nnc(-c3c(F)cccc3F)cc12. The molecule has 2 fully saturated rings. The molecule has 0 radical (unpaired) electrons. The second-order valence-corrected chi connectivity index (χ2v) is 10.1. The van der Waals surface area contributed by atoms with Crippen LogP contribution in [-0.4, -0.2) is 33.3 Å². The van der Waals surface area contributed by atoms with Crippen molar-refractivity contribution in [2.45, 2.75) is 57.3 Å². The predicted octanol–water partition coefficient (Wildman–Crippen LogP) is 5.41. The molecule has 6 rings (SSSR count). The number of hydrogen-bond acceptors (Lipinski definition) is 5. The van der Waals surface area contributed by atoms with E-state index in [9.17, 15) is 8.78 Å². The van der Waals surface area contributed by atoms with Crippen LogP contribution in [0.2, 0.25) is 0 Å². The van der Waals surface area contributed by atoms with Gasteiger partial charge in [-0.05, 0) is 73.3 Å². The van der Waals surface area contributed by atoms with Gasteiger partial charge < -0.3 is 4.90 Å². The summed E-state index contributed by atoms with van der Waals surface area (Å²) in [6.45, 7) is 6.49. The van der Waals surface area contributed by atoms with Crippen LogP contribution in [0.3, 0.4) is 0 Å². The van der Waals surface area contributed by atoms with Gasteiger partial charge in [0.05, 0.1) is 28.1 Å². The van der Waals surface area contributed by atoms with E-state index in [1.54, 1.807) is 0 Å². The molecule has 3 heterocycles. The third-order valence-electron chi connectivity index (χ3n) is 8.32. The maximum absolute atomic E-state index is 14.5. The van der Waals surface area contributed by atoms with Crippen LogP contribution in [0.25, 0.3) is 11.3 Å². The topological polar surface area (TPSA) is 54.8 Å². The first-order valence-electron chi connectivity index (χ1n) is 11.8. The van der Waals surface area contributed by atoms with E-state index in [1.807, 2.05) is 18.3 Å². The molecule has 1 aromatic carbocycles. The number of rotatable bonds is 3. The Morgan fingerprint density at radius 3 is 2.52 bits per heavy atom. The number of fused-ring (bicyclic) bond motifs is 5. The molecule has 2 bridgehead atoms. The van der Waals surface area contributed by atoms with Gasteiger partial charge >= 0.3 is 0 Å². The van der Waals surface area contributed by atoms with Gasteiger partial charge in [0.1, 0.15) is 11.6 Å². The molecule has 2 aliphatic carbocycles. The van der Waals surface area contributed by atoms with Gasteiger partial charge in [0, 0.05) is 19.3 Å². The lowest BCUT2D eigenvalue weighted by Gasteiger charge is -2.38. The van der Waals surface area contributed by atoms with Gasteiger partial charge in [0.2, 0.25) is 5.95 Å². The lowest BCUT2D eigenvalue weighted by Crippen LogP contribution is -2.39. The van der Waals surface area contributed by atoms with E-state index in [0.717, 1.165) is 61.7 Å². The Balaban J connectivity index is 1.48. The molecule has 0 unspecified atom stereocenters. The zero-order valence-corrected chi connectivity index (χ0v) is 19.0. The van der Waals surface area contributed by atoms with Gasteiger partial charge in [-0.3, -0.25) is 0 Å². The first kappa shape index (κ1) is 20.6. The van der Waals surface area contributed by atoms with Crippen LogP contribution in [0, 0.1) is 17.0 Å². The number of hydrogen-bond donors (Lipinski definition) is 0. The number of nitrogens with zero attached hydrogens (tertiary/aromatic N) is 5. The lowest BCUT2D eigenvalue weighted by atomic mass is 9.66. The largest absolute Gasteiger partial charge is 0.341 e. The van der Waals surface area contributed by atoms with Crippen molar-refractivity contribution in [3.8, 4) is 11.3 Å². The van der Waals surface area contributed by atoms with Crippen LogP contribution < -0.4 is 4.90 Å². The normalized spacial score (nSPS) is 25.3. The van der Waals surface area contributed by atoms with E-state index < -0.39 is 11.6 Å². The van der Waals surface area contributed by atoms with Crippen LogP contribution in [0.5, 0.6) is 0 Å². The van der Waals surface area contributed by atoms with E-state index in [2.05, 4.69) is 33.9 Å². The van der Waals surface area contributed by atoms with Crippen LogP contribution in [0.1, 0.15) is 68.8 Å². The standard InChI is InChI=1S/C26H27F2N5/c1-25(2)17-9-11-26(25,21-10-12-29-24(30-21)33-13-4-3-5-14-33)23-16(17)15-20(31-32-23)22-18(27)7-6-8-19(22)28/h6-8,10,12,15,17H,3-5,9,11,13-14H2,1-2H3/t17-,26-/m0/s1. The molecular formula is C26H27F2N5. The Bertz CT molecular complexity index is 1220. The summed E-state index contributed by atoms with van der Waals surface area (Å²) >= 11 is 0. The highest BCUT2D eigenvalue weighted by molar-refractivity contribution is 5.64. The molecule has 3 aromatic rings. The Labute approximate surface area is 192 Å². The molecule has 170 valence electrons. The summed E-state index contributed by atoms with van der Waals surface area (Å²) in [7, 11) is 0. The number of halogens is 2. The summed E-state index contributed by atoms with van der Waals surface area (Å²) in [4.78, 5) is 11.9. The maximum Gasteiger partial charge on any atom is 0.225 e. The average molecular weight is 448 g/mol. The summed E-state index contributed by atoms with van der Waals surface area (Å²) in [5, 5.41) is 8.96. The monoisotopic (exact) mass is 447 g/mol. The van der Waals surface area contributed by atoms with E-state index in [0.29, 0.717) is 0 Å². The molecule has 1 aliphatic heterocycles. The highest BCUT2D eigenvalue weighted by Gasteiger charge is 2.65. The molecular weight excluding hydrogens is 420 g/mol. The van der Waals surface area contributed by atoms with Crippen molar-refractivity contribution >= 4 is 5.95 Å². The third kappa shape index (κ3) is 2.80. The minimum absolute atomic E-state index is 0.114. The fourth-order valence-corrected chi connectivity index (χ4v) is 6.59. The Morgan fingerprint density at radius 1 is 1.00 bits per heavy atom. The number of piperidine rings is 1. The molecule has 0 spiro atoms. The van der Waals surface area contributed by atoms with Crippen molar-refractivity contribution < 1.29 is 8.78 Å². The molecule has 2 aromatic heterocycles. The van der Waals surface area contributed by atoms with Crippen molar-refractivity contribution in [3.63, 3.8) is 0 Å². The van der Waals surface area contributed by atoms with Crippen molar-refractivity contribution in [1.82, 2.24) is 20.2 Å². The highest BCUT2D eigenvalue weighted by Crippen LogP contribution is 2.69. The summed E-state index contributed by atoms with van der Waals surface area (Å²) in [5.41, 5.74) is 2.51. The summed E-state index contributed by atoms with van der Waals surface area (Å²) < 4.78 is 28.9.